The lowest BCUT2D eigenvalue weighted by molar-refractivity contribution is 0.283. The van der Waals surface area contributed by atoms with Crippen molar-refractivity contribution >= 4 is 12.6 Å². The van der Waals surface area contributed by atoms with Gasteiger partial charge in [-0.1, -0.05) is 6.92 Å². The first-order chi connectivity index (χ1) is 7.49. The van der Waals surface area contributed by atoms with Gasteiger partial charge in [0.1, 0.15) is 5.82 Å². The first-order valence-electron chi connectivity index (χ1n) is 4.65. The van der Waals surface area contributed by atoms with Gasteiger partial charge in [-0.3, -0.25) is 0 Å². The molecule has 3 nitrogen and oxygen atoms in total. The Morgan fingerprint density at radius 3 is 2.38 bits per heavy atom. The highest BCUT2D eigenvalue weighted by atomic mass is 19.1. The van der Waals surface area contributed by atoms with Crippen LogP contribution in [-0.2, 0) is 0 Å². The second-order valence-corrected chi connectivity index (χ2v) is 3.12. The molecule has 0 aliphatic heterocycles. The molecule has 16 heavy (non-hydrogen) atoms. The summed E-state index contributed by atoms with van der Waals surface area (Å²) in [5, 5.41) is 17.4. The molecule has 7 heteroatoms. The number of ether oxygens (including phenoxy) is 1. The summed E-state index contributed by atoms with van der Waals surface area (Å²) in [4.78, 5) is 0. The number of hydrogen-bond acceptors (Lipinski definition) is 3. The summed E-state index contributed by atoms with van der Waals surface area (Å²) in [6.45, 7) is 1.77. The van der Waals surface area contributed by atoms with Crippen molar-refractivity contribution in [2.75, 3.05) is 6.61 Å². The van der Waals surface area contributed by atoms with Crippen LogP contribution < -0.4 is 10.2 Å². The molecule has 0 saturated heterocycles. The lowest BCUT2D eigenvalue weighted by Crippen LogP contribution is -2.36. The standard InChI is InChI=1S/C9H10BF3O3/c1-2-3-16-9-6(12)4-5(11)7(8(9)13)10(14)15/h4,14-15H,2-3H2,1H3. The van der Waals surface area contributed by atoms with Crippen molar-refractivity contribution in [1.82, 2.24) is 0 Å². The summed E-state index contributed by atoms with van der Waals surface area (Å²) >= 11 is 0. The van der Waals surface area contributed by atoms with E-state index in [1.807, 2.05) is 0 Å². The molecule has 0 atom stereocenters. The molecule has 0 radical (unpaired) electrons. The minimum Gasteiger partial charge on any atom is -0.488 e. The first-order valence-corrected chi connectivity index (χ1v) is 4.65. The highest BCUT2D eigenvalue weighted by molar-refractivity contribution is 6.58. The first kappa shape index (κ1) is 12.9. The van der Waals surface area contributed by atoms with E-state index in [4.69, 9.17) is 14.8 Å². The van der Waals surface area contributed by atoms with Crippen molar-refractivity contribution < 1.29 is 28.0 Å². The maximum atomic E-state index is 13.4. The van der Waals surface area contributed by atoms with E-state index in [2.05, 4.69) is 0 Å². The molecule has 0 fully saturated rings. The summed E-state index contributed by atoms with van der Waals surface area (Å²) in [5.74, 6) is -4.81. The molecule has 2 N–H and O–H groups in total. The molecule has 0 aliphatic rings. The van der Waals surface area contributed by atoms with E-state index in [9.17, 15) is 13.2 Å². The summed E-state index contributed by atoms with van der Waals surface area (Å²) < 4.78 is 44.3. The normalized spacial score (nSPS) is 10.4. The molecule has 0 amide bonds. The van der Waals surface area contributed by atoms with E-state index in [1.165, 1.54) is 0 Å². The third kappa shape index (κ3) is 2.48. The molecular weight excluding hydrogens is 224 g/mol. The molecule has 0 saturated carbocycles. The smallest absolute Gasteiger partial charge is 0.488 e. The molecule has 0 aromatic heterocycles. The number of benzene rings is 1. The van der Waals surface area contributed by atoms with Crippen LogP contribution in [0.15, 0.2) is 6.07 Å². The summed E-state index contributed by atoms with van der Waals surface area (Å²) in [7, 11) is -2.36. The predicted molar refractivity (Wildman–Crippen MR) is 51.9 cm³/mol. The van der Waals surface area contributed by atoms with Crippen LogP contribution in [0.1, 0.15) is 13.3 Å². The minimum atomic E-state index is -2.36. The molecule has 88 valence electrons. The van der Waals surface area contributed by atoms with Crippen molar-refractivity contribution in [3.8, 4) is 5.75 Å². The van der Waals surface area contributed by atoms with Crippen LogP contribution in [-0.4, -0.2) is 23.8 Å². The molecule has 0 aliphatic carbocycles. The second-order valence-electron chi connectivity index (χ2n) is 3.12. The zero-order valence-electron chi connectivity index (χ0n) is 8.51. The Bertz CT molecular complexity index is 385. The molecule has 0 bridgehead atoms. The number of hydrogen-bond donors (Lipinski definition) is 2. The van der Waals surface area contributed by atoms with Crippen LogP contribution in [0, 0.1) is 17.5 Å². The van der Waals surface area contributed by atoms with Gasteiger partial charge in [-0.2, -0.15) is 0 Å². The van der Waals surface area contributed by atoms with E-state index >= 15 is 0 Å². The highest BCUT2D eigenvalue weighted by Gasteiger charge is 2.27. The molecule has 0 spiro atoms. The molecular formula is C9H10BF3O3. The van der Waals surface area contributed by atoms with Crippen molar-refractivity contribution in [1.29, 1.82) is 0 Å². The fourth-order valence-electron chi connectivity index (χ4n) is 1.16. The van der Waals surface area contributed by atoms with Crippen molar-refractivity contribution in [3.05, 3.63) is 23.5 Å². The molecule has 1 rings (SSSR count). The van der Waals surface area contributed by atoms with E-state index in [0.717, 1.165) is 0 Å². The predicted octanol–water partition coefficient (Wildman–Crippen LogP) is 0.572. The summed E-state index contributed by atoms with van der Waals surface area (Å²) in [6, 6.07) is 0.350. The Hall–Kier alpha value is -1.21. The molecule has 0 unspecified atom stereocenters. The Morgan fingerprint density at radius 1 is 1.25 bits per heavy atom. The van der Waals surface area contributed by atoms with Gasteiger partial charge < -0.3 is 14.8 Å². The average Bonchev–Trinajstić information content (AvgIpc) is 2.16. The van der Waals surface area contributed by atoms with E-state index in [-0.39, 0.29) is 6.61 Å². The fraction of sp³-hybridized carbons (Fsp3) is 0.333. The van der Waals surface area contributed by atoms with Gasteiger partial charge in [0.2, 0.25) is 0 Å². The maximum Gasteiger partial charge on any atom is 0.494 e. The topological polar surface area (TPSA) is 49.7 Å². The van der Waals surface area contributed by atoms with Crippen molar-refractivity contribution in [3.63, 3.8) is 0 Å². The molecule has 0 heterocycles. The maximum absolute atomic E-state index is 13.4. The summed E-state index contributed by atoms with van der Waals surface area (Å²) in [6.07, 6.45) is 0.507. The van der Waals surface area contributed by atoms with Gasteiger partial charge in [-0.05, 0) is 6.42 Å². The lowest BCUT2D eigenvalue weighted by atomic mass is 9.79. The van der Waals surface area contributed by atoms with Gasteiger partial charge in [-0.25, -0.2) is 13.2 Å². The van der Waals surface area contributed by atoms with Crippen LogP contribution in [0.4, 0.5) is 13.2 Å². The van der Waals surface area contributed by atoms with Crippen LogP contribution >= 0.6 is 0 Å². The van der Waals surface area contributed by atoms with Gasteiger partial charge in [-0.15, -0.1) is 0 Å². The number of rotatable bonds is 4. The molecule has 1 aromatic rings. The zero-order valence-corrected chi connectivity index (χ0v) is 8.51. The lowest BCUT2D eigenvalue weighted by Gasteiger charge is -2.11. The monoisotopic (exact) mass is 234 g/mol. The SMILES string of the molecule is CCCOc1c(F)cc(F)c(B(O)O)c1F. The van der Waals surface area contributed by atoms with Gasteiger partial charge in [0, 0.05) is 6.07 Å². The zero-order chi connectivity index (χ0) is 12.3. The second kappa shape index (κ2) is 5.22. The Kier molecular flexibility index (Phi) is 4.20. The van der Waals surface area contributed by atoms with E-state index < -0.39 is 35.8 Å². The minimum absolute atomic E-state index is 0.0421. The quantitative estimate of drug-likeness (QED) is 0.749. The van der Waals surface area contributed by atoms with Gasteiger partial charge in [0.05, 0.1) is 12.1 Å². The highest BCUT2D eigenvalue weighted by Crippen LogP contribution is 2.21. The Morgan fingerprint density at radius 2 is 1.88 bits per heavy atom. The van der Waals surface area contributed by atoms with Crippen LogP contribution in [0.5, 0.6) is 5.75 Å². The Labute approximate surface area is 90.6 Å². The van der Waals surface area contributed by atoms with E-state index in [0.29, 0.717) is 12.5 Å². The van der Waals surface area contributed by atoms with Gasteiger partial charge >= 0.3 is 7.12 Å². The largest absolute Gasteiger partial charge is 0.494 e. The number of halogens is 3. The van der Waals surface area contributed by atoms with Crippen LogP contribution in [0.2, 0.25) is 0 Å². The third-order valence-electron chi connectivity index (χ3n) is 1.87. The molecule has 1 aromatic carbocycles. The van der Waals surface area contributed by atoms with Crippen LogP contribution in [0.3, 0.4) is 0 Å². The Balaban J connectivity index is 3.22. The van der Waals surface area contributed by atoms with Gasteiger partial charge in [0.15, 0.2) is 17.4 Å². The van der Waals surface area contributed by atoms with E-state index in [1.54, 1.807) is 6.92 Å². The average molecular weight is 234 g/mol. The van der Waals surface area contributed by atoms with Crippen LogP contribution in [0.25, 0.3) is 0 Å². The third-order valence-corrected chi connectivity index (χ3v) is 1.87. The summed E-state index contributed by atoms with van der Waals surface area (Å²) in [5.41, 5.74) is -1.02. The van der Waals surface area contributed by atoms with Crippen molar-refractivity contribution in [2.45, 2.75) is 13.3 Å². The van der Waals surface area contributed by atoms with Crippen molar-refractivity contribution in [2.24, 2.45) is 0 Å². The fourth-order valence-corrected chi connectivity index (χ4v) is 1.16. The van der Waals surface area contributed by atoms with Gasteiger partial charge in [0.25, 0.3) is 0 Å².